The minimum Gasteiger partial charge on any atom is -0.495 e. The number of aryl methyl sites for hydroxylation is 1. The van der Waals surface area contributed by atoms with Crippen molar-refractivity contribution in [3.8, 4) is 11.5 Å². The molecule has 2 heterocycles. The molecule has 3 aromatic rings. The number of carbonyl (C=O) groups is 2. The van der Waals surface area contributed by atoms with Crippen LogP contribution in [0.1, 0.15) is 55.8 Å². The van der Waals surface area contributed by atoms with Gasteiger partial charge in [0, 0.05) is 36.3 Å². The van der Waals surface area contributed by atoms with Crippen molar-refractivity contribution in [2.24, 2.45) is 0 Å². The molecule has 2 N–H and O–H groups in total. The highest BCUT2D eigenvalue weighted by molar-refractivity contribution is 7.98. The van der Waals surface area contributed by atoms with Crippen molar-refractivity contribution in [1.82, 2.24) is 5.32 Å². The first-order chi connectivity index (χ1) is 19.9. The van der Waals surface area contributed by atoms with Crippen LogP contribution in [0.5, 0.6) is 11.5 Å². The molecule has 2 atom stereocenters. The fraction of sp³-hybridized carbons (Fsp3) is 0.375. The van der Waals surface area contributed by atoms with Gasteiger partial charge in [0.1, 0.15) is 17.3 Å². The first-order valence-corrected chi connectivity index (χ1v) is 15.0. The normalized spacial score (nSPS) is 18.0. The number of benzene rings is 3. The number of methoxy groups -OCH3 is 1. The quantitative estimate of drug-likeness (QED) is 0.264. The average molecular weight is 580 g/mol. The summed E-state index contributed by atoms with van der Waals surface area (Å²) in [5, 5.41) is 13.2. The van der Waals surface area contributed by atoms with E-state index in [1.165, 1.54) is 19.2 Å². The lowest BCUT2D eigenvalue weighted by atomic mass is 9.94. The van der Waals surface area contributed by atoms with Crippen LogP contribution in [0.15, 0.2) is 53.4 Å². The van der Waals surface area contributed by atoms with Crippen molar-refractivity contribution >= 4 is 23.5 Å². The van der Waals surface area contributed by atoms with E-state index in [9.17, 15) is 14.7 Å². The highest BCUT2D eigenvalue weighted by Gasteiger charge is 2.30. The highest BCUT2D eigenvalue weighted by Crippen LogP contribution is 2.40. The number of ether oxygens (including phenoxy) is 3. The van der Waals surface area contributed by atoms with E-state index in [1.807, 2.05) is 30.5 Å². The number of fused-ring (bicyclic) bond motifs is 1. The van der Waals surface area contributed by atoms with Crippen molar-refractivity contribution in [3.05, 3.63) is 87.7 Å². The molecule has 0 bridgehead atoms. The van der Waals surface area contributed by atoms with E-state index in [1.54, 1.807) is 23.9 Å². The van der Waals surface area contributed by atoms with Gasteiger partial charge in [0.15, 0.2) is 5.78 Å². The number of amides is 1. The average Bonchev–Trinajstić information content (AvgIpc) is 3.48. The molecule has 0 radical (unpaired) electrons. The Bertz CT molecular complexity index is 1430. The van der Waals surface area contributed by atoms with Crippen LogP contribution in [-0.4, -0.2) is 62.1 Å². The molecule has 9 heteroatoms. The molecule has 1 fully saturated rings. The van der Waals surface area contributed by atoms with E-state index in [4.69, 9.17) is 14.2 Å². The number of aliphatic hydroxyl groups is 1. The number of thioether (sulfide) groups is 1. The number of halogens is 1. The summed E-state index contributed by atoms with van der Waals surface area (Å²) in [4.78, 5) is 27.3. The largest absolute Gasteiger partial charge is 0.495 e. The molecule has 0 aliphatic carbocycles. The van der Waals surface area contributed by atoms with Crippen LogP contribution in [-0.2, 0) is 24.0 Å². The Morgan fingerprint density at radius 3 is 2.59 bits per heavy atom. The number of nitrogens with one attached hydrogen (secondary N) is 1. The first-order valence-electron chi connectivity index (χ1n) is 13.7. The van der Waals surface area contributed by atoms with E-state index in [-0.39, 0.29) is 30.3 Å². The minimum absolute atomic E-state index is 0.0702. The number of carbonyl (C=O) groups excluding carboxylic acids is 2. The first kappa shape index (κ1) is 29.1. The Balaban J connectivity index is 1.33. The van der Waals surface area contributed by atoms with Crippen LogP contribution < -0.4 is 14.8 Å². The summed E-state index contributed by atoms with van der Waals surface area (Å²) in [6, 6.07) is 14.0. The van der Waals surface area contributed by atoms with Crippen molar-refractivity contribution in [2.45, 2.75) is 49.1 Å². The Hall–Kier alpha value is -3.40. The molecule has 0 saturated carbocycles. The zero-order chi connectivity index (χ0) is 28.9. The molecular formula is C32H34FNO6S. The second kappa shape index (κ2) is 13.1. The lowest BCUT2D eigenvalue weighted by Crippen LogP contribution is -2.48. The van der Waals surface area contributed by atoms with Crippen molar-refractivity contribution in [2.75, 3.05) is 33.2 Å². The van der Waals surface area contributed by atoms with Crippen LogP contribution >= 0.6 is 11.8 Å². The smallest absolute Gasteiger partial charge is 0.255 e. The molecule has 0 spiro atoms. The van der Waals surface area contributed by atoms with Crippen LogP contribution in [0.3, 0.4) is 0 Å². The Labute approximate surface area is 243 Å². The van der Waals surface area contributed by atoms with Gasteiger partial charge in [-0.15, -0.1) is 11.8 Å². The third-order valence-electron chi connectivity index (χ3n) is 7.62. The molecule has 0 unspecified atom stereocenters. The van der Waals surface area contributed by atoms with Gasteiger partial charge in [0.05, 0.1) is 43.6 Å². The summed E-state index contributed by atoms with van der Waals surface area (Å²) in [5.74, 6) is -0.0965. The molecule has 41 heavy (non-hydrogen) atoms. The molecule has 2 aliphatic heterocycles. The number of hydrogen-bond donors (Lipinski definition) is 2. The zero-order valence-corrected chi connectivity index (χ0v) is 24.0. The van der Waals surface area contributed by atoms with Gasteiger partial charge in [0.2, 0.25) is 0 Å². The highest BCUT2D eigenvalue weighted by atomic mass is 32.2. The summed E-state index contributed by atoms with van der Waals surface area (Å²) in [6.07, 6.45) is 3.37. The third-order valence-corrected chi connectivity index (χ3v) is 8.36. The van der Waals surface area contributed by atoms with Gasteiger partial charge >= 0.3 is 0 Å². The van der Waals surface area contributed by atoms with Crippen molar-refractivity contribution in [3.63, 3.8) is 0 Å². The summed E-state index contributed by atoms with van der Waals surface area (Å²) in [6.45, 7) is 1.07. The molecule has 1 amide bonds. The Morgan fingerprint density at radius 1 is 1.10 bits per heavy atom. The van der Waals surface area contributed by atoms with E-state index < -0.39 is 18.0 Å². The van der Waals surface area contributed by atoms with Crippen molar-refractivity contribution < 1.29 is 33.3 Å². The summed E-state index contributed by atoms with van der Waals surface area (Å²) in [7, 11) is 1.51. The molecule has 3 aromatic carbocycles. The predicted octanol–water partition coefficient (Wildman–Crippen LogP) is 4.78. The van der Waals surface area contributed by atoms with Crippen LogP contribution in [0, 0.1) is 5.82 Å². The fourth-order valence-electron chi connectivity index (χ4n) is 5.40. The van der Waals surface area contributed by atoms with Crippen LogP contribution in [0.25, 0.3) is 0 Å². The van der Waals surface area contributed by atoms with Crippen LogP contribution in [0.4, 0.5) is 4.39 Å². The topological polar surface area (TPSA) is 94.1 Å². The maximum atomic E-state index is 15.2. The van der Waals surface area contributed by atoms with E-state index >= 15 is 4.39 Å². The van der Waals surface area contributed by atoms with Crippen molar-refractivity contribution in [1.29, 1.82) is 0 Å². The van der Waals surface area contributed by atoms with E-state index in [0.717, 1.165) is 21.6 Å². The monoisotopic (exact) mass is 579 g/mol. The number of Topliss-reactive ketones (excluding diaryl/α,β-unsaturated/α-hetero) is 1. The SMILES string of the molecule is COc1c(C(=O)N[C@H]2CCOC[C@@H]2O)cc(Cc2ccc(C(=O)CCc3ccc(SC)cc3)c(F)c2)c2c1CCO2. The van der Waals surface area contributed by atoms with Crippen LogP contribution in [0.2, 0.25) is 0 Å². The molecule has 5 rings (SSSR count). The standard InChI is InChI=1S/C32H34FNO6S/c1-38-31-24-11-14-40-30(24)21(17-25(31)32(37)34-27-12-13-39-18-29(27)36)15-20-5-9-23(26(33)16-20)28(35)10-6-19-3-7-22(41-2)8-4-19/h3-5,7-9,16-17,27,29,36H,6,10-15,18H2,1-2H3,(H,34,37)/t27-,29-/m0/s1. The molecule has 7 nitrogen and oxygen atoms in total. The molecule has 2 aliphatic rings. The van der Waals surface area contributed by atoms with Gasteiger partial charge in [-0.3, -0.25) is 9.59 Å². The molecular weight excluding hydrogens is 545 g/mol. The molecule has 1 saturated heterocycles. The summed E-state index contributed by atoms with van der Waals surface area (Å²) < 4.78 is 32.0. The van der Waals surface area contributed by atoms with Gasteiger partial charge in [-0.25, -0.2) is 4.39 Å². The van der Waals surface area contributed by atoms with Gasteiger partial charge in [-0.2, -0.15) is 0 Å². The molecule has 0 aromatic heterocycles. The number of ketones is 1. The maximum Gasteiger partial charge on any atom is 0.255 e. The second-order valence-corrected chi connectivity index (χ2v) is 11.2. The number of rotatable bonds is 10. The number of hydrogen-bond acceptors (Lipinski definition) is 7. The van der Waals surface area contributed by atoms with E-state index in [0.29, 0.717) is 61.5 Å². The lowest BCUT2D eigenvalue weighted by Gasteiger charge is -2.28. The molecule has 216 valence electrons. The van der Waals surface area contributed by atoms with Gasteiger partial charge in [-0.05, 0) is 66.1 Å². The Kier molecular flexibility index (Phi) is 9.27. The van der Waals surface area contributed by atoms with Gasteiger partial charge < -0.3 is 24.6 Å². The van der Waals surface area contributed by atoms with Gasteiger partial charge in [-0.1, -0.05) is 18.2 Å². The second-order valence-electron chi connectivity index (χ2n) is 10.3. The fourth-order valence-corrected chi connectivity index (χ4v) is 5.80. The van der Waals surface area contributed by atoms with Gasteiger partial charge in [0.25, 0.3) is 5.91 Å². The van der Waals surface area contributed by atoms with E-state index in [2.05, 4.69) is 5.32 Å². The summed E-state index contributed by atoms with van der Waals surface area (Å²) >= 11 is 1.66. The predicted molar refractivity (Wildman–Crippen MR) is 155 cm³/mol. The maximum absolute atomic E-state index is 15.2. The number of aliphatic hydroxyl groups excluding tert-OH is 1. The third kappa shape index (κ3) is 6.58. The lowest BCUT2D eigenvalue weighted by molar-refractivity contribution is -0.0261. The Morgan fingerprint density at radius 2 is 1.88 bits per heavy atom. The zero-order valence-electron chi connectivity index (χ0n) is 23.2. The minimum atomic E-state index is -0.791. The summed E-state index contributed by atoms with van der Waals surface area (Å²) in [5.41, 5.74) is 3.61.